The topological polar surface area (TPSA) is 89.3 Å². The lowest BCUT2D eigenvalue weighted by atomic mass is 10.1. The first-order valence-electron chi connectivity index (χ1n) is 7.20. The monoisotopic (exact) mass is 302 g/mol. The summed E-state index contributed by atoms with van der Waals surface area (Å²) >= 11 is 0. The maximum atomic E-state index is 12.1. The van der Waals surface area contributed by atoms with E-state index in [4.69, 9.17) is 4.74 Å². The van der Waals surface area contributed by atoms with Gasteiger partial charge in [0.2, 0.25) is 0 Å². The number of carbonyl (C=O) groups is 1. The first-order chi connectivity index (χ1) is 10.6. The third-order valence-electron chi connectivity index (χ3n) is 3.59. The zero-order chi connectivity index (χ0) is 15.5. The Balaban J connectivity index is 1.62. The summed E-state index contributed by atoms with van der Waals surface area (Å²) in [5.74, 6) is 0.439. The van der Waals surface area contributed by atoms with Gasteiger partial charge in [0.05, 0.1) is 25.1 Å². The van der Waals surface area contributed by atoms with Crippen molar-refractivity contribution < 1.29 is 14.6 Å². The number of ether oxygens (including phenoxy) is 1. The van der Waals surface area contributed by atoms with Gasteiger partial charge in [0.25, 0.3) is 5.91 Å². The van der Waals surface area contributed by atoms with E-state index in [2.05, 4.69) is 15.4 Å². The van der Waals surface area contributed by atoms with Crippen LogP contribution in [0.1, 0.15) is 34.1 Å². The zero-order valence-electron chi connectivity index (χ0n) is 12.3. The molecule has 3 rings (SSSR count). The van der Waals surface area contributed by atoms with E-state index in [9.17, 15) is 9.90 Å². The molecule has 0 aliphatic carbocycles. The molecule has 2 N–H and O–H groups in total. The largest absolute Gasteiger partial charge is 0.492 e. The minimum atomic E-state index is -0.793. The summed E-state index contributed by atoms with van der Waals surface area (Å²) in [5, 5.41) is 16.7. The number of rotatable bonds is 4. The van der Waals surface area contributed by atoms with Crippen LogP contribution in [0.4, 0.5) is 0 Å². The molecule has 1 atom stereocenters. The number of aryl methyl sites for hydroxylation is 2. The molecule has 2 aromatic heterocycles. The van der Waals surface area contributed by atoms with Gasteiger partial charge in [-0.15, -0.1) is 0 Å². The number of aliphatic hydroxyl groups excluding tert-OH is 1. The molecule has 22 heavy (non-hydrogen) atoms. The van der Waals surface area contributed by atoms with Gasteiger partial charge in [-0.3, -0.25) is 9.48 Å². The molecule has 116 valence electrons. The van der Waals surface area contributed by atoms with Crippen LogP contribution in [0, 0.1) is 0 Å². The minimum absolute atomic E-state index is 0.111. The number of pyridine rings is 1. The molecule has 0 spiro atoms. The highest BCUT2D eigenvalue weighted by Gasteiger charge is 2.16. The quantitative estimate of drug-likeness (QED) is 0.863. The lowest BCUT2D eigenvalue weighted by Gasteiger charge is -2.17. The second kappa shape index (κ2) is 6.15. The van der Waals surface area contributed by atoms with Crippen molar-refractivity contribution >= 4 is 5.91 Å². The number of nitrogens with one attached hydrogen (secondary N) is 1. The highest BCUT2D eigenvalue weighted by molar-refractivity contribution is 5.92. The van der Waals surface area contributed by atoms with Gasteiger partial charge in [-0.25, -0.2) is 4.98 Å². The third-order valence-corrected chi connectivity index (χ3v) is 3.59. The molecule has 3 heterocycles. The highest BCUT2D eigenvalue weighted by atomic mass is 16.5. The second-order valence-electron chi connectivity index (χ2n) is 5.30. The van der Waals surface area contributed by atoms with Crippen LogP contribution in [-0.2, 0) is 13.5 Å². The van der Waals surface area contributed by atoms with Crippen LogP contribution in [0.25, 0.3) is 0 Å². The molecule has 0 bridgehead atoms. The maximum absolute atomic E-state index is 12.1. The van der Waals surface area contributed by atoms with E-state index >= 15 is 0 Å². The number of fused-ring (bicyclic) bond motifs is 1. The SMILES string of the molecule is Cn1cc(C(O)CNC(=O)c2cc3c(cn2)OCCC3)cn1. The van der Waals surface area contributed by atoms with Crippen molar-refractivity contribution in [2.24, 2.45) is 7.05 Å². The molecule has 0 aromatic carbocycles. The Morgan fingerprint density at radius 3 is 3.18 bits per heavy atom. The van der Waals surface area contributed by atoms with Gasteiger partial charge in [0.1, 0.15) is 11.4 Å². The van der Waals surface area contributed by atoms with Crippen LogP contribution in [0.2, 0.25) is 0 Å². The van der Waals surface area contributed by atoms with Crippen LogP contribution in [0.3, 0.4) is 0 Å². The lowest BCUT2D eigenvalue weighted by Crippen LogP contribution is -2.29. The second-order valence-corrected chi connectivity index (χ2v) is 5.30. The van der Waals surface area contributed by atoms with E-state index in [1.165, 1.54) is 0 Å². The van der Waals surface area contributed by atoms with Crippen LogP contribution in [0.15, 0.2) is 24.7 Å². The molecule has 1 amide bonds. The summed E-state index contributed by atoms with van der Waals surface area (Å²) in [6.45, 7) is 0.803. The van der Waals surface area contributed by atoms with Crippen molar-refractivity contribution in [3.05, 3.63) is 41.5 Å². The van der Waals surface area contributed by atoms with Gasteiger partial charge in [-0.1, -0.05) is 0 Å². The number of hydrogen-bond acceptors (Lipinski definition) is 5. The summed E-state index contributed by atoms with van der Waals surface area (Å²) in [4.78, 5) is 16.2. The summed E-state index contributed by atoms with van der Waals surface area (Å²) < 4.78 is 7.08. The smallest absolute Gasteiger partial charge is 0.269 e. The maximum Gasteiger partial charge on any atom is 0.269 e. The molecule has 1 aliphatic rings. The normalized spacial score (nSPS) is 14.8. The van der Waals surface area contributed by atoms with E-state index in [1.807, 2.05) is 0 Å². The number of aliphatic hydroxyl groups is 1. The van der Waals surface area contributed by atoms with Gasteiger partial charge in [-0.05, 0) is 24.5 Å². The highest BCUT2D eigenvalue weighted by Crippen LogP contribution is 2.23. The zero-order valence-corrected chi connectivity index (χ0v) is 12.3. The molecule has 0 radical (unpaired) electrons. The van der Waals surface area contributed by atoms with Crippen molar-refractivity contribution in [1.82, 2.24) is 20.1 Å². The number of carbonyl (C=O) groups excluding carboxylic acids is 1. The van der Waals surface area contributed by atoms with E-state index < -0.39 is 6.10 Å². The number of aromatic nitrogens is 3. The van der Waals surface area contributed by atoms with Crippen molar-refractivity contribution in [2.75, 3.05) is 13.2 Å². The average molecular weight is 302 g/mol. The van der Waals surface area contributed by atoms with Crippen molar-refractivity contribution in [1.29, 1.82) is 0 Å². The van der Waals surface area contributed by atoms with Crippen molar-refractivity contribution in [2.45, 2.75) is 18.9 Å². The van der Waals surface area contributed by atoms with Gasteiger partial charge in [0, 0.05) is 25.4 Å². The number of amides is 1. The van der Waals surface area contributed by atoms with E-state index in [-0.39, 0.29) is 12.5 Å². The van der Waals surface area contributed by atoms with Gasteiger partial charge < -0.3 is 15.2 Å². The Kier molecular flexibility index (Phi) is 4.06. The summed E-state index contributed by atoms with van der Waals surface area (Å²) in [7, 11) is 1.77. The molecular formula is C15H18N4O3. The van der Waals surface area contributed by atoms with Crippen LogP contribution in [0.5, 0.6) is 5.75 Å². The first kappa shape index (κ1) is 14.5. The molecule has 0 fully saturated rings. The Labute approximate surface area is 127 Å². The molecule has 7 heteroatoms. The third kappa shape index (κ3) is 3.09. The lowest BCUT2D eigenvalue weighted by molar-refractivity contribution is 0.0911. The summed E-state index contributed by atoms with van der Waals surface area (Å²) in [6, 6.07) is 1.75. The standard InChI is InChI=1S/C15H18N4O3/c1-19-9-11(6-18-19)13(20)7-17-15(21)12-5-10-3-2-4-22-14(10)8-16-12/h5-6,8-9,13,20H,2-4,7H2,1H3,(H,17,21). The molecule has 0 saturated carbocycles. The summed E-state index contributed by atoms with van der Waals surface area (Å²) in [5.41, 5.74) is 2.00. The fourth-order valence-corrected chi connectivity index (χ4v) is 2.39. The predicted octanol–water partition coefficient (Wildman–Crippen LogP) is 0.603. The van der Waals surface area contributed by atoms with E-state index in [0.29, 0.717) is 17.9 Å². The summed E-state index contributed by atoms with van der Waals surface area (Å²) in [6.07, 6.45) is 5.91. The van der Waals surface area contributed by atoms with Crippen LogP contribution >= 0.6 is 0 Å². The van der Waals surface area contributed by atoms with Gasteiger partial charge in [-0.2, -0.15) is 5.10 Å². The Bertz CT molecular complexity index is 683. The van der Waals surface area contributed by atoms with Crippen LogP contribution < -0.4 is 10.1 Å². The van der Waals surface area contributed by atoms with Gasteiger partial charge >= 0.3 is 0 Å². The van der Waals surface area contributed by atoms with Crippen molar-refractivity contribution in [3.8, 4) is 5.75 Å². The number of nitrogens with zero attached hydrogens (tertiary/aromatic N) is 3. The number of hydrogen-bond donors (Lipinski definition) is 2. The fraction of sp³-hybridized carbons (Fsp3) is 0.400. The van der Waals surface area contributed by atoms with Crippen LogP contribution in [-0.4, -0.2) is 38.9 Å². The van der Waals surface area contributed by atoms with E-state index in [1.54, 1.807) is 36.4 Å². The molecule has 1 unspecified atom stereocenters. The Hall–Kier alpha value is -2.41. The molecular weight excluding hydrogens is 284 g/mol. The molecule has 2 aromatic rings. The van der Waals surface area contributed by atoms with Gasteiger partial charge in [0.15, 0.2) is 0 Å². The molecule has 0 saturated heterocycles. The Morgan fingerprint density at radius 2 is 2.41 bits per heavy atom. The Morgan fingerprint density at radius 1 is 1.55 bits per heavy atom. The minimum Gasteiger partial charge on any atom is -0.492 e. The average Bonchev–Trinajstić information content (AvgIpc) is 2.98. The van der Waals surface area contributed by atoms with Crippen molar-refractivity contribution in [3.63, 3.8) is 0 Å². The van der Waals surface area contributed by atoms with E-state index in [0.717, 1.165) is 24.2 Å². The molecule has 7 nitrogen and oxygen atoms in total. The predicted molar refractivity (Wildman–Crippen MR) is 78.6 cm³/mol. The molecule has 1 aliphatic heterocycles. The first-order valence-corrected chi connectivity index (χ1v) is 7.20. The fourth-order valence-electron chi connectivity index (χ4n) is 2.39.